The highest BCUT2D eigenvalue weighted by atomic mass is 16.5. The Kier molecular flexibility index (Phi) is 8.16. The zero-order valence-corrected chi connectivity index (χ0v) is 24.2. The number of likely N-dealkylation sites (N-methyl/N-ethyl adjacent to an activating group) is 1. The molecule has 11 heteroatoms. The zero-order valence-electron chi connectivity index (χ0n) is 24.2. The summed E-state index contributed by atoms with van der Waals surface area (Å²) in [5, 5.41) is 17.4. The molecule has 11 nitrogen and oxygen atoms in total. The van der Waals surface area contributed by atoms with Gasteiger partial charge in [-0.2, -0.15) is 10.1 Å². The molecule has 1 saturated carbocycles. The number of hydrogen-bond acceptors (Lipinski definition) is 11. The highest BCUT2D eigenvalue weighted by molar-refractivity contribution is 6.36. The average Bonchev–Trinajstić information content (AvgIpc) is 3.62. The van der Waals surface area contributed by atoms with Gasteiger partial charge in [0.2, 0.25) is 5.88 Å². The molecule has 2 aliphatic carbocycles. The summed E-state index contributed by atoms with van der Waals surface area (Å²) in [6.07, 6.45) is 12.2. The van der Waals surface area contributed by atoms with Crippen LogP contribution in [0.5, 0.6) is 5.88 Å². The number of nitrogens with zero attached hydrogens (tertiary/aromatic N) is 5. The Labute approximate surface area is 241 Å². The molecule has 0 amide bonds. The molecule has 2 aromatic rings. The van der Waals surface area contributed by atoms with Crippen LogP contribution in [0, 0.1) is 5.41 Å². The Morgan fingerprint density at radius 1 is 1.20 bits per heavy atom. The van der Waals surface area contributed by atoms with Gasteiger partial charge in [-0.1, -0.05) is 11.6 Å². The van der Waals surface area contributed by atoms with Crippen LogP contribution in [-0.2, 0) is 21.4 Å². The Hall–Kier alpha value is -3.18. The summed E-state index contributed by atoms with van der Waals surface area (Å²) in [5.41, 5.74) is 4.36. The van der Waals surface area contributed by atoms with E-state index in [9.17, 15) is 4.79 Å². The first kappa shape index (κ1) is 28.0. The molecule has 41 heavy (non-hydrogen) atoms. The molecular formula is C30H41N7O4. The van der Waals surface area contributed by atoms with Crippen molar-refractivity contribution in [3.63, 3.8) is 0 Å². The Morgan fingerprint density at radius 3 is 2.85 bits per heavy atom. The van der Waals surface area contributed by atoms with E-state index in [1.165, 1.54) is 6.21 Å². The van der Waals surface area contributed by atoms with Gasteiger partial charge in [-0.25, -0.2) is 4.98 Å². The smallest absolute Gasteiger partial charge is 0.217 e. The van der Waals surface area contributed by atoms with Crippen LogP contribution in [-0.4, -0.2) is 76.3 Å². The predicted octanol–water partition coefficient (Wildman–Crippen LogP) is 4.18. The van der Waals surface area contributed by atoms with E-state index in [0.29, 0.717) is 41.9 Å². The van der Waals surface area contributed by atoms with Crippen molar-refractivity contribution in [1.82, 2.24) is 25.5 Å². The van der Waals surface area contributed by atoms with Crippen molar-refractivity contribution < 1.29 is 18.8 Å². The quantitative estimate of drug-likeness (QED) is 0.358. The maximum atomic E-state index is 13.2. The van der Waals surface area contributed by atoms with Crippen LogP contribution in [0.4, 0.5) is 0 Å². The number of rotatable bonds is 8. The molecule has 4 atom stereocenters. The largest absolute Gasteiger partial charge is 0.473 e. The van der Waals surface area contributed by atoms with Gasteiger partial charge in [0.15, 0.2) is 17.3 Å². The Bertz CT molecular complexity index is 1300. The lowest BCUT2D eigenvalue weighted by Crippen LogP contribution is -2.41. The summed E-state index contributed by atoms with van der Waals surface area (Å²) in [5.74, 6) is 1.68. The summed E-state index contributed by atoms with van der Waals surface area (Å²) in [6.45, 7) is 3.82. The van der Waals surface area contributed by atoms with Crippen molar-refractivity contribution in [1.29, 1.82) is 5.41 Å². The van der Waals surface area contributed by atoms with Gasteiger partial charge >= 0.3 is 0 Å². The summed E-state index contributed by atoms with van der Waals surface area (Å²) in [6, 6.07) is 1.98. The first-order chi connectivity index (χ1) is 19.9. The molecule has 3 fully saturated rings. The maximum absolute atomic E-state index is 13.2. The van der Waals surface area contributed by atoms with Crippen LogP contribution < -0.4 is 10.2 Å². The van der Waals surface area contributed by atoms with Crippen molar-refractivity contribution in [2.24, 2.45) is 5.10 Å². The number of hydrogen-bond donors (Lipinski definition) is 2. The molecule has 2 aliphatic heterocycles. The summed E-state index contributed by atoms with van der Waals surface area (Å²) < 4.78 is 18.0. The van der Waals surface area contributed by atoms with E-state index in [-0.39, 0.29) is 29.9 Å². The fourth-order valence-electron chi connectivity index (χ4n) is 6.99. The average molecular weight is 564 g/mol. The van der Waals surface area contributed by atoms with Crippen LogP contribution in [0.2, 0.25) is 0 Å². The number of aromatic nitrogens is 3. The van der Waals surface area contributed by atoms with E-state index in [4.69, 9.17) is 29.4 Å². The molecule has 0 radical (unpaired) electrons. The molecule has 0 aromatic carbocycles. The van der Waals surface area contributed by atoms with Crippen molar-refractivity contribution in [3.05, 3.63) is 23.1 Å². The third-order valence-corrected chi connectivity index (χ3v) is 9.25. The van der Waals surface area contributed by atoms with Crippen LogP contribution in [0.1, 0.15) is 94.6 Å². The number of nitrogens with one attached hydrogen (secondary N) is 2. The number of carbonyl (C=O) groups is 1. The van der Waals surface area contributed by atoms with E-state index in [0.717, 1.165) is 82.7 Å². The number of carbonyl (C=O) groups excluding carboxylic acids is 1. The monoisotopic (exact) mass is 563 g/mol. The second-order valence-electron chi connectivity index (χ2n) is 12.0. The highest BCUT2D eigenvalue weighted by Crippen LogP contribution is 2.47. The standard InChI is InChI=1S/C30H41N7O4/c1-19(23-10-8-15-37(23)2)40-26-17-22(21(31)18-32-35-25-12-4-6-16-39-25)33-29(34-26)27-20-9-7-14-30(28(20)41-36-27)13-5-3-11-24(30)38/h17-19,23,25,31,35H,3-16H2,1-2H3/b31-21?,32-18-/t19-,23-,25?,30+/m0/s1. The van der Waals surface area contributed by atoms with Gasteiger partial charge in [0.05, 0.1) is 17.3 Å². The zero-order chi connectivity index (χ0) is 28.4. The van der Waals surface area contributed by atoms with E-state index in [1.807, 2.05) is 0 Å². The fraction of sp³-hybridized carbons (Fsp3) is 0.667. The van der Waals surface area contributed by atoms with Crippen molar-refractivity contribution >= 4 is 17.7 Å². The number of ketones is 1. The third kappa shape index (κ3) is 5.66. The third-order valence-electron chi connectivity index (χ3n) is 9.25. The van der Waals surface area contributed by atoms with Crippen molar-refractivity contribution in [2.45, 2.75) is 108 Å². The van der Waals surface area contributed by atoms with Gasteiger partial charge in [-0.15, -0.1) is 0 Å². The SMILES string of the molecule is C[C@H](Oc1cc(C(=N)/C=N\NC2CCCCO2)nc(-c2noc3c2CCC[C@@]32CCCCC2=O)n1)[C@@H]1CCCN1C. The Balaban J connectivity index is 1.32. The highest BCUT2D eigenvalue weighted by Gasteiger charge is 2.48. The molecule has 0 bridgehead atoms. The molecular weight excluding hydrogens is 522 g/mol. The lowest BCUT2D eigenvalue weighted by molar-refractivity contribution is -0.128. The minimum atomic E-state index is -0.582. The van der Waals surface area contributed by atoms with Gasteiger partial charge in [-0.3, -0.25) is 20.5 Å². The predicted molar refractivity (Wildman–Crippen MR) is 153 cm³/mol. The molecule has 2 saturated heterocycles. The number of ether oxygens (including phenoxy) is 2. The molecule has 1 unspecified atom stereocenters. The molecule has 2 aromatic heterocycles. The minimum absolute atomic E-state index is 0.0968. The lowest BCUT2D eigenvalue weighted by Gasteiger charge is -2.36. The van der Waals surface area contributed by atoms with Crippen molar-refractivity contribution in [3.8, 4) is 17.4 Å². The fourth-order valence-corrected chi connectivity index (χ4v) is 6.99. The molecule has 2 N–H and O–H groups in total. The molecule has 1 spiro atoms. The van der Waals surface area contributed by atoms with Gasteiger partial charge < -0.3 is 14.0 Å². The van der Waals surface area contributed by atoms with Crippen LogP contribution in [0.3, 0.4) is 0 Å². The van der Waals surface area contributed by atoms with Crippen LogP contribution in [0.15, 0.2) is 15.7 Å². The van der Waals surface area contributed by atoms with E-state index >= 15 is 0 Å². The topological polar surface area (TPSA) is 139 Å². The van der Waals surface area contributed by atoms with E-state index < -0.39 is 5.41 Å². The molecule has 6 rings (SSSR count). The second kappa shape index (κ2) is 12.0. The number of fused-ring (bicyclic) bond motifs is 2. The molecule has 220 valence electrons. The van der Waals surface area contributed by atoms with E-state index in [2.05, 4.69) is 34.6 Å². The number of Topliss-reactive ketones (excluding diaryl/α,β-unsaturated/α-hetero) is 1. The maximum Gasteiger partial charge on any atom is 0.217 e. The second-order valence-corrected chi connectivity index (χ2v) is 12.0. The van der Waals surface area contributed by atoms with Gasteiger partial charge in [0.25, 0.3) is 0 Å². The number of hydrazone groups is 1. The van der Waals surface area contributed by atoms with Gasteiger partial charge in [-0.05, 0) is 84.7 Å². The van der Waals surface area contributed by atoms with Crippen LogP contribution in [0.25, 0.3) is 11.5 Å². The molecule has 4 heterocycles. The summed E-state index contributed by atoms with van der Waals surface area (Å²) >= 11 is 0. The summed E-state index contributed by atoms with van der Waals surface area (Å²) in [4.78, 5) is 25.0. The molecule has 4 aliphatic rings. The first-order valence-electron chi connectivity index (χ1n) is 15.2. The van der Waals surface area contributed by atoms with E-state index in [1.54, 1.807) is 6.07 Å². The lowest BCUT2D eigenvalue weighted by atomic mass is 9.64. The normalized spacial score (nSPS) is 27.7. The van der Waals surface area contributed by atoms with Gasteiger partial charge in [0, 0.05) is 30.7 Å². The van der Waals surface area contributed by atoms with Crippen LogP contribution >= 0.6 is 0 Å². The van der Waals surface area contributed by atoms with Gasteiger partial charge in [0.1, 0.15) is 23.8 Å². The minimum Gasteiger partial charge on any atom is -0.473 e. The summed E-state index contributed by atoms with van der Waals surface area (Å²) in [7, 11) is 2.12. The Morgan fingerprint density at radius 2 is 2.07 bits per heavy atom. The first-order valence-corrected chi connectivity index (χ1v) is 15.2. The van der Waals surface area contributed by atoms with Crippen molar-refractivity contribution in [2.75, 3.05) is 20.2 Å². The number of likely N-dealkylation sites (tertiary alicyclic amines) is 1.